The van der Waals surface area contributed by atoms with Crippen molar-refractivity contribution in [1.29, 1.82) is 0 Å². The van der Waals surface area contributed by atoms with E-state index < -0.39 is 0 Å². The number of hydrogen-bond acceptors (Lipinski definition) is 3. The second kappa shape index (κ2) is 9.09. The Hall–Kier alpha value is -3.86. The summed E-state index contributed by atoms with van der Waals surface area (Å²) < 4.78 is 5.74. The molecule has 1 aromatic heterocycles. The lowest BCUT2D eigenvalue weighted by molar-refractivity contribution is 0.0938. The maximum Gasteiger partial charge on any atom is 0.251 e. The Kier molecular flexibility index (Phi) is 5.90. The van der Waals surface area contributed by atoms with Crippen molar-refractivity contribution in [3.8, 4) is 17.0 Å². The van der Waals surface area contributed by atoms with Crippen molar-refractivity contribution < 1.29 is 9.53 Å². The fourth-order valence-corrected chi connectivity index (χ4v) is 3.11. The number of para-hydroxylation sites is 1. The summed E-state index contributed by atoms with van der Waals surface area (Å²) in [6.07, 6.45) is 1.79. The summed E-state index contributed by atoms with van der Waals surface area (Å²) >= 11 is 0. The average molecular weight is 397 g/mol. The summed E-state index contributed by atoms with van der Waals surface area (Å²) in [6, 6.07) is 26.8. The highest BCUT2D eigenvalue weighted by atomic mass is 16.5. The maximum absolute atomic E-state index is 12.6. The van der Waals surface area contributed by atoms with Gasteiger partial charge in [0, 0.05) is 5.56 Å². The molecular formula is C25H23N3O2. The van der Waals surface area contributed by atoms with Crippen LogP contribution in [0.1, 0.15) is 34.7 Å². The van der Waals surface area contributed by atoms with Crippen molar-refractivity contribution >= 4 is 5.91 Å². The van der Waals surface area contributed by atoms with E-state index in [1.54, 1.807) is 6.20 Å². The lowest BCUT2D eigenvalue weighted by Crippen LogP contribution is -2.27. The standard InChI is InChI=1S/C25H23N3O2/c1-18(24-26-16-23(28-24)20-8-4-2-5-9-20)27-25(29)21-14-12-19(13-15-21)17-30-22-10-6-3-7-11-22/h2-16,18H,17H2,1H3,(H,26,28)(H,27,29). The van der Waals surface area contributed by atoms with Gasteiger partial charge in [-0.25, -0.2) is 4.98 Å². The normalized spacial score (nSPS) is 11.6. The van der Waals surface area contributed by atoms with Crippen LogP contribution in [0.5, 0.6) is 5.75 Å². The van der Waals surface area contributed by atoms with Crippen LogP contribution in [0.4, 0.5) is 0 Å². The van der Waals surface area contributed by atoms with Crippen LogP contribution in [-0.4, -0.2) is 15.9 Å². The molecule has 2 N–H and O–H groups in total. The number of rotatable bonds is 7. The van der Waals surface area contributed by atoms with Gasteiger partial charge in [0.05, 0.1) is 17.9 Å². The molecule has 5 nitrogen and oxygen atoms in total. The highest BCUT2D eigenvalue weighted by Gasteiger charge is 2.14. The lowest BCUT2D eigenvalue weighted by Gasteiger charge is -2.12. The Labute approximate surface area is 175 Å². The number of benzene rings is 3. The summed E-state index contributed by atoms with van der Waals surface area (Å²) in [7, 11) is 0. The van der Waals surface area contributed by atoms with Gasteiger partial charge in [0.15, 0.2) is 0 Å². The Balaban J connectivity index is 1.35. The smallest absolute Gasteiger partial charge is 0.251 e. The van der Waals surface area contributed by atoms with Gasteiger partial charge in [0.1, 0.15) is 18.2 Å². The molecule has 0 aliphatic heterocycles. The zero-order valence-corrected chi connectivity index (χ0v) is 16.7. The first-order valence-corrected chi connectivity index (χ1v) is 9.87. The molecule has 30 heavy (non-hydrogen) atoms. The zero-order valence-electron chi connectivity index (χ0n) is 16.7. The number of carbonyl (C=O) groups is 1. The quantitative estimate of drug-likeness (QED) is 0.453. The molecule has 150 valence electrons. The number of H-pyrrole nitrogens is 1. The first-order chi connectivity index (χ1) is 14.7. The minimum absolute atomic E-state index is 0.143. The molecule has 0 radical (unpaired) electrons. The van der Waals surface area contributed by atoms with Gasteiger partial charge < -0.3 is 15.0 Å². The van der Waals surface area contributed by atoms with E-state index >= 15 is 0 Å². The highest BCUT2D eigenvalue weighted by molar-refractivity contribution is 5.94. The Bertz CT molecular complexity index is 1090. The molecule has 0 saturated heterocycles. The number of hydrogen-bond donors (Lipinski definition) is 2. The zero-order chi connectivity index (χ0) is 20.8. The van der Waals surface area contributed by atoms with Gasteiger partial charge in [-0.05, 0) is 42.3 Å². The van der Waals surface area contributed by atoms with Crippen LogP contribution in [-0.2, 0) is 6.61 Å². The second-order valence-corrected chi connectivity index (χ2v) is 7.04. The van der Waals surface area contributed by atoms with Crippen molar-refractivity contribution in [3.63, 3.8) is 0 Å². The summed E-state index contributed by atoms with van der Waals surface area (Å²) in [5, 5.41) is 2.99. The van der Waals surface area contributed by atoms with Gasteiger partial charge in [-0.3, -0.25) is 4.79 Å². The number of nitrogens with one attached hydrogen (secondary N) is 2. The maximum atomic E-state index is 12.6. The molecule has 5 heteroatoms. The predicted octanol–water partition coefficient (Wildman–Crippen LogP) is 5.15. The number of carbonyl (C=O) groups excluding carboxylic acids is 1. The number of amides is 1. The number of aromatic amines is 1. The van der Waals surface area contributed by atoms with Gasteiger partial charge in [-0.2, -0.15) is 0 Å². The van der Waals surface area contributed by atoms with E-state index in [-0.39, 0.29) is 11.9 Å². The Morgan fingerprint density at radius 1 is 0.967 bits per heavy atom. The molecule has 0 aliphatic rings. The van der Waals surface area contributed by atoms with Crippen molar-refractivity contribution in [2.24, 2.45) is 0 Å². The lowest BCUT2D eigenvalue weighted by atomic mass is 10.1. The largest absolute Gasteiger partial charge is 0.489 e. The number of imidazole rings is 1. The summed E-state index contributed by atoms with van der Waals surface area (Å²) in [6.45, 7) is 2.37. The van der Waals surface area contributed by atoms with Crippen LogP contribution in [0.3, 0.4) is 0 Å². The van der Waals surface area contributed by atoms with Crippen molar-refractivity contribution in [1.82, 2.24) is 15.3 Å². The van der Waals surface area contributed by atoms with E-state index in [4.69, 9.17) is 4.74 Å². The number of nitrogens with zero attached hydrogens (tertiary/aromatic N) is 1. The van der Waals surface area contributed by atoms with E-state index in [0.29, 0.717) is 12.2 Å². The van der Waals surface area contributed by atoms with Gasteiger partial charge in [0.25, 0.3) is 5.91 Å². The topological polar surface area (TPSA) is 67.0 Å². The van der Waals surface area contributed by atoms with Gasteiger partial charge in [-0.15, -0.1) is 0 Å². The first-order valence-electron chi connectivity index (χ1n) is 9.87. The summed E-state index contributed by atoms with van der Waals surface area (Å²) in [5.41, 5.74) is 3.58. The van der Waals surface area contributed by atoms with E-state index in [9.17, 15) is 4.79 Å². The first kappa shape index (κ1) is 19.5. The molecule has 0 aliphatic carbocycles. The third-order valence-corrected chi connectivity index (χ3v) is 4.80. The predicted molar refractivity (Wildman–Crippen MR) is 117 cm³/mol. The summed E-state index contributed by atoms with van der Waals surface area (Å²) in [5.74, 6) is 1.40. The van der Waals surface area contributed by atoms with Crippen LogP contribution in [0.15, 0.2) is 91.1 Å². The molecule has 1 amide bonds. The van der Waals surface area contributed by atoms with Crippen LogP contribution in [0.2, 0.25) is 0 Å². The van der Waals surface area contributed by atoms with Crippen molar-refractivity contribution in [3.05, 3.63) is 108 Å². The molecule has 3 aromatic carbocycles. The van der Waals surface area contributed by atoms with Crippen LogP contribution in [0.25, 0.3) is 11.3 Å². The molecule has 1 heterocycles. The van der Waals surface area contributed by atoms with Crippen molar-refractivity contribution in [2.45, 2.75) is 19.6 Å². The number of aromatic nitrogens is 2. The molecule has 0 spiro atoms. The SMILES string of the molecule is CC(NC(=O)c1ccc(COc2ccccc2)cc1)c1ncc(-c2ccccc2)[nH]1. The van der Waals surface area contributed by atoms with Gasteiger partial charge >= 0.3 is 0 Å². The van der Waals surface area contributed by atoms with Crippen molar-refractivity contribution in [2.75, 3.05) is 0 Å². The molecule has 0 saturated carbocycles. The van der Waals surface area contributed by atoms with E-state index in [0.717, 1.165) is 28.4 Å². The van der Waals surface area contributed by atoms with Crippen LogP contribution in [0, 0.1) is 0 Å². The monoisotopic (exact) mass is 397 g/mol. The molecule has 4 aromatic rings. The van der Waals surface area contributed by atoms with Crippen LogP contribution >= 0.6 is 0 Å². The van der Waals surface area contributed by atoms with Gasteiger partial charge in [-0.1, -0.05) is 60.7 Å². The fraction of sp³-hybridized carbons (Fsp3) is 0.120. The Morgan fingerprint density at radius 3 is 2.33 bits per heavy atom. The molecule has 0 bridgehead atoms. The third-order valence-electron chi connectivity index (χ3n) is 4.80. The molecule has 0 fully saturated rings. The van der Waals surface area contributed by atoms with E-state index in [2.05, 4.69) is 15.3 Å². The summed E-state index contributed by atoms with van der Waals surface area (Å²) in [4.78, 5) is 20.3. The van der Waals surface area contributed by atoms with E-state index in [1.807, 2.05) is 91.9 Å². The third kappa shape index (κ3) is 4.75. The minimum atomic E-state index is -0.240. The molecule has 1 atom stereocenters. The fourth-order valence-electron chi connectivity index (χ4n) is 3.11. The molecule has 4 rings (SSSR count). The number of ether oxygens (including phenoxy) is 1. The Morgan fingerprint density at radius 2 is 1.63 bits per heavy atom. The minimum Gasteiger partial charge on any atom is -0.489 e. The van der Waals surface area contributed by atoms with Crippen LogP contribution < -0.4 is 10.1 Å². The van der Waals surface area contributed by atoms with Gasteiger partial charge in [0.2, 0.25) is 0 Å². The second-order valence-electron chi connectivity index (χ2n) is 7.04. The molecular weight excluding hydrogens is 374 g/mol. The highest BCUT2D eigenvalue weighted by Crippen LogP contribution is 2.19. The van der Waals surface area contributed by atoms with E-state index in [1.165, 1.54) is 0 Å². The molecule has 1 unspecified atom stereocenters. The average Bonchev–Trinajstić information content (AvgIpc) is 3.30.